The zero-order valence-corrected chi connectivity index (χ0v) is 21.2. The zero-order valence-electron chi connectivity index (χ0n) is 21.2. The van der Waals surface area contributed by atoms with E-state index in [0.29, 0.717) is 28.4 Å². The smallest absolute Gasteiger partial charge is 0.340 e. The maximum absolute atomic E-state index is 12.7. The van der Waals surface area contributed by atoms with Crippen LogP contribution >= 0.6 is 0 Å². The highest BCUT2D eigenvalue weighted by atomic mass is 16.6. The number of esters is 1. The molecule has 10 nitrogen and oxygen atoms in total. The van der Waals surface area contributed by atoms with E-state index in [-0.39, 0.29) is 11.3 Å². The lowest BCUT2D eigenvalue weighted by Crippen LogP contribution is -2.14. The fourth-order valence-electron chi connectivity index (χ4n) is 3.44. The van der Waals surface area contributed by atoms with Gasteiger partial charge in [-0.2, -0.15) is 5.11 Å². The molecule has 4 aromatic carbocycles. The number of nitrogens with zero attached hydrogens (tertiary/aromatic N) is 4. The van der Waals surface area contributed by atoms with Crippen LogP contribution < -0.4 is 9.64 Å². The molecule has 10 heteroatoms. The highest BCUT2D eigenvalue weighted by Crippen LogP contribution is 2.26. The van der Waals surface area contributed by atoms with Gasteiger partial charge in [-0.05, 0) is 72.8 Å². The summed E-state index contributed by atoms with van der Waals surface area (Å²) >= 11 is 0. The summed E-state index contributed by atoms with van der Waals surface area (Å²) in [5, 5.41) is 19.2. The minimum absolute atomic E-state index is 0.0431. The predicted octanol–water partition coefficient (Wildman–Crippen LogP) is 6.91. The van der Waals surface area contributed by atoms with E-state index in [1.54, 1.807) is 48.5 Å². The summed E-state index contributed by atoms with van der Waals surface area (Å²) in [5.74, 6) is -0.243. The van der Waals surface area contributed by atoms with Crippen molar-refractivity contribution in [1.29, 1.82) is 0 Å². The molecule has 0 atom stereocenters. The quantitative estimate of drug-likeness (QED) is 0.0726. The second kappa shape index (κ2) is 12.2. The van der Waals surface area contributed by atoms with E-state index < -0.39 is 23.3 Å². The third kappa shape index (κ3) is 7.10. The summed E-state index contributed by atoms with van der Waals surface area (Å²) in [6.07, 6.45) is 0. The maximum Gasteiger partial charge on any atom is 0.340 e. The Bertz CT molecular complexity index is 1500. The number of hydrogen-bond acceptors (Lipinski definition) is 9. The number of ketones is 1. The zero-order chi connectivity index (χ0) is 27.8. The van der Waals surface area contributed by atoms with E-state index in [9.17, 15) is 19.7 Å². The molecule has 0 radical (unpaired) electrons. The van der Waals surface area contributed by atoms with Gasteiger partial charge in [0.05, 0.1) is 16.2 Å². The molecule has 0 spiro atoms. The molecular weight excluding hydrogens is 500 g/mol. The molecule has 0 saturated heterocycles. The number of nitro benzene ring substituents is 1. The van der Waals surface area contributed by atoms with Crippen LogP contribution in [0.2, 0.25) is 0 Å². The average Bonchev–Trinajstić information content (AvgIpc) is 2.95. The number of benzene rings is 4. The van der Waals surface area contributed by atoms with Crippen LogP contribution in [0.25, 0.3) is 0 Å². The topological polar surface area (TPSA) is 124 Å². The summed E-state index contributed by atoms with van der Waals surface area (Å²) in [7, 11) is 3.88. The lowest BCUT2D eigenvalue weighted by molar-refractivity contribution is -0.384. The molecule has 4 rings (SSSR count). The highest BCUT2D eigenvalue weighted by Gasteiger charge is 2.15. The molecule has 0 bridgehead atoms. The van der Waals surface area contributed by atoms with Gasteiger partial charge in [-0.3, -0.25) is 14.9 Å². The number of carbonyl (C=O) groups is 2. The number of Topliss-reactive ketones (excluding diaryl/α,β-unsaturated/α-hetero) is 1. The summed E-state index contributed by atoms with van der Waals surface area (Å²) in [6.45, 7) is -0.459. The van der Waals surface area contributed by atoms with Crippen molar-refractivity contribution in [3.05, 3.63) is 118 Å². The fraction of sp³-hybridized carbons (Fsp3) is 0.103. The fourth-order valence-corrected chi connectivity index (χ4v) is 3.44. The van der Waals surface area contributed by atoms with Crippen LogP contribution in [-0.4, -0.2) is 37.4 Å². The largest absolute Gasteiger partial charge is 0.457 e. The molecule has 39 heavy (non-hydrogen) atoms. The minimum atomic E-state index is -0.695. The number of non-ortho nitro benzene ring substituents is 1. The molecular formula is C29H24N4O6. The van der Waals surface area contributed by atoms with E-state index in [1.165, 1.54) is 24.3 Å². The summed E-state index contributed by atoms with van der Waals surface area (Å²) in [6, 6.07) is 25.9. The molecule has 4 aromatic rings. The standard InChI is InChI=1S/C29H24N4O6/c1-32(2)22-11-9-21(10-12-22)30-31-27-6-4-3-5-26(27)29(35)38-19-28(34)20-7-15-24(16-8-20)39-25-17-13-23(14-18-25)33(36)37/h3-18H,19H2,1-2H3. The average molecular weight is 525 g/mol. The van der Waals surface area contributed by atoms with Crippen molar-refractivity contribution in [1.82, 2.24) is 0 Å². The van der Waals surface area contributed by atoms with Crippen LogP contribution in [0.3, 0.4) is 0 Å². The number of hydrogen-bond donors (Lipinski definition) is 0. The molecule has 0 saturated carbocycles. The molecule has 0 aliphatic carbocycles. The summed E-state index contributed by atoms with van der Waals surface area (Å²) in [4.78, 5) is 37.5. The van der Waals surface area contributed by atoms with E-state index in [1.807, 2.05) is 43.3 Å². The van der Waals surface area contributed by atoms with E-state index in [2.05, 4.69) is 10.2 Å². The van der Waals surface area contributed by atoms with Crippen molar-refractivity contribution in [2.75, 3.05) is 25.6 Å². The third-order valence-electron chi connectivity index (χ3n) is 5.56. The molecule has 0 amide bonds. The van der Waals surface area contributed by atoms with Crippen molar-refractivity contribution in [2.45, 2.75) is 0 Å². The Labute approximate surface area is 224 Å². The monoisotopic (exact) mass is 524 g/mol. The first-order valence-corrected chi connectivity index (χ1v) is 11.8. The van der Waals surface area contributed by atoms with Gasteiger partial charge in [0.25, 0.3) is 5.69 Å². The molecule has 196 valence electrons. The molecule has 0 aliphatic rings. The van der Waals surface area contributed by atoms with Gasteiger partial charge in [-0.15, -0.1) is 5.11 Å². The van der Waals surface area contributed by atoms with Crippen LogP contribution in [0.15, 0.2) is 107 Å². The van der Waals surface area contributed by atoms with Crippen molar-refractivity contribution >= 4 is 34.5 Å². The van der Waals surface area contributed by atoms with Crippen LogP contribution in [0.4, 0.5) is 22.7 Å². The normalized spacial score (nSPS) is 10.7. The second-order valence-corrected chi connectivity index (χ2v) is 8.50. The van der Waals surface area contributed by atoms with Crippen LogP contribution in [-0.2, 0) is 4.74 Å². The first kappa shape index (κ1) is 26.7. The first-order chi connectivity index (χ1) is 18.8. The molecule has 0 heterocycles. The van der Waals surface area contributed by atoms with Gasteiger partial charge in [-0.1, -0.05) is 12.1 Å². The summed E-state index contributed by atoms with van der Waals surface area (Å²) < 4.78 is 10.9. The Kier molecular flexibility index (Phi) is 8.37. The van der Waals surface area contributed by atoms with Gasteiger partial charge < -0.3 is 14.4 Å². The van der Waals surface area contributed by atoms with Crippen LogP contribution in [0.5, 0.6) is 11.5 Å². The highest BCUT2D eigenvalue weighted by molar-refractivity contribution is 6.00. The van der Waals surface area contributed by atoms with Crippen molar-refractivity contribution < 1.29 is 24.0 Å². The second-order valence-electron chi connectivity index (χ2n) is 8.50. The molecule has 0 fully saturated rings. The molecule has 0 unspecified atom stereocenters. The Morgan fingerprint density at radius 1 is 0.821 bits per heavy atom. The number of ether oxygens (including phenoxy) is 2. The Morgan fingerprint density at radius 2 is 1.44 bits per heavy atom. The Balaban J connectivity index is 1.35. The lowest BCUT2D eigenvalue weighted by Gasteiger charge is -2.11. The number of anilines is 1. The third-order valence-corrected chi connectivity index (χ3v) is 5.56. The maximum atomic E-state index is 12.7. The minimum Gasteiger partial charge on any atom is -0.457 e. The van der Waals surface area contributed by atoms with Gasteiger partial charge in [0.1, 0.15) is 17.2 Å². The van der Waals surface area contributed by atoms with Gasteiger partial charge >= 0.3 is 5.97 Å². The van der Waals surface area contributed by atoms with Crippen LogP contribution in [0, 0.1) is 10.1 Å². The molecule has 0 aromatic heterocycles. The van der Waals surface area contributed by atoms with E-state index in [0.717, 1.165) is 5.69 Å². The Hall–Kier alpha value is -5.38. The van der Waals surface area contributed by atoms with Crippen molar-refractivity contribution in [3.8, 4) is 11.5 Å². The van der Waals surface area contributed by atoms with Crippen molar-refractivity contribution in [3.63, 3.8) is 0 Å². The van der Waals surface area contributed by atoms with Crippen LogP contribution in [0.1, 0.15) is 20.7 Å². The van der Waals surface area contributed by atoms with Gasteiger partial charge in [0, 0.05) is 37.5 Å². The molecule has 0 aliphatic heterocycles. The predicted molar refractivity (Wildman–Crippen MR) is 146 cm³/mol. The molecule has 0 N–H and O–H groups in total. The Morgan fingerprint density at radius 3 is 2.05 bits per heavy atom. The number of carbonyl (C=O) groups excluding carboxylic acids is 2. The number of nitro groups is 1. The van der Waals surface area contributed by atoms with E-state index >= 15 is 0 Å². The number of azo groups is 1. The van der Waals surface area contributed by atoms with E-state index in [4.69, 9.17) is 9.47 Å². The first-order valence-electron chi connectivity index (χ1n) is 11.8. The van der Waals surface area contributed by atoms with Gasteiger partial charge in [-0.25, -0.2) is 4.79 Å². The van der Waals surface area contributed by atoms with Gasteiger partial charge in [0.2, 0.25) is 0 Å². The van der Waals surface area contributed by atoms with Crippen molar-refractivity contribution in [2.24, 2.45) is 10.2 Å². The van der Waals surface area contributed by atoms with Gasteiger partial charge in [0.15, 0.2) is 12.4 Å². The number of rotatable bonds is 10. The lowest BCUT2D eigenvalue weighted by atomic mass is 10.1. The SMILES string of the molecule is CN(C)c1ccc(N=Nc2ccccc2C(=O)OCC(=O)c2ccc(Oc3ccc([N+](=O)[O-])cc3)cc2)cc1. The summed E-state index contributed by atoms with van der Waals surface area (Å²) in [5.41, 5.74) is 2.44.